The van der Waals surface area contributed by atoms with Gasteiger partial charge in [-0.3, -0.25) is 9.59 Å². The first-order chi connectivity index (χ1) is 25.1. The third-order valence-corrected chi connectivity index (χ3v) is 17.4. The molecule has 3 N–H and O–H groups in total. The molecule has 2 aliphatic rings. The number of aliphatic hydroxyl groups is 1. The number of amides is 2. The highest BCUT2D eigenvalue weighted by atomic mass is 32.2. The van der Waals surface area contributed by atoms with Crippen LogP contribution in [-0.2, 0) is 34.1 Å². The smallest absolute Gasteiger partial charge is 0.262 e. The van der Waals surface area contributed by atoms with Crippen molar-refractivity contribution >= 4 is 61.9 Å². The van der Waals surface area contributed by atoms with E-state index < -0.39 is 40.6 Å². The lowest BCUT2D eigenvalue weighted by Crippen LogP contribution is -2.68. The van der Waals surface area contributed by atoms with Crippen molar-refractivity contribution in [1.82, 2.24) is 9.44 Å². The molecule has 4 aromatic rings. The largest absolute Gasteiger partial charge is 0.395 e. The average Bonchev–Trinajstić information content (AvgIpc) is 3.70. The van der Waals surface area contributed by atoms with Crippen LogP contribution < -0.4 is 29.6 Å². The molecule has 0 spiro atoms. The monoisotopic (exact) mass is 810 g/mol. The second kappa shape index (κ2) is 18.2. The van der Waals surface area contributed by atoms with Crippen molar-refractivity contribution in [2.45, 2.75) is 75.5 Å². The van der Waals surface area contributed by atoms with Crippen LogP contribution in [0.4, 0.5) is 11.4 Å². The van der Waals surface area contributed by atoms with Gasteiger partial charge in [0.2, 0.25) is 20.0 Å². The van der Waals surface area contributed by atoms with Gasteiger partial charge in [0.25, 0.3) is 20.1 Å². The number of hydrogen-bond donors (Lipinski definition) is 3. The van der Waals surface area contributed by atoms with E-state index >= 15 is 0 Å². The Morgan fingerprint density at radius 3 is 1.36 bits per heavy atom. The summed E-state index contributed by atoms with van der Waals surface area (Å²) in [4.78, 5) is 28.6. The molecule has 0 radical (unpaired) electrons. The fourth-order valence-electron chi connectivity index (χ4n) is 6.69. The molecule has 0 bridgehead atoms. The van der Waals surface area contributed by atoms with Gasteiger partial charge in [-0.1, -0.05) is 96.3 Å². The van der Waals surface area contributed by atoms with Crippen LogP contribution in [0.3, 0.4) is 0 Å². The van der Waals surface area contributed by atoms with Crippen LogP contribution in [0.5, 0.6) is 0 Å². The highest BCUT2D eigenvalue weighted by Gasteiger charge is 2.53. The van der Waals surface area contributed by atoms with Crippen molar-refractivity contribution in [3.63, 3.8) is 0 Å². The first kappa shape index (κ1) is 45.2. The van der Waals surface area contributed by atoms with E-state index in [1.807, 2.05) is 36.4 Å². The summed E-state index contributed by atoms with van der Waals surface area (Å²) < 4.78 is 58.7. The number of benzene rings is 4. The molecule has 6 rings (SSSR count). The highest BCUT2D eigenvalue weighted by molar-refractivity contribution is 7.89. The molecule has 0 unspecified atom stereocenters. The van der Waals surface area contributed by atoms with Crippen LogP contribution in [0.25, 0.3) is 0 Å². The number of anilines is 2. The van der Waals surface area contributed by atoms with Crippen molar-refractivity contribution < 1.29 is 36.0 Å². The van der Waals surface area contributed by atoms with Crippen LogP contribution >= 0.6 is 0 Å². The summed E-state index contributed by atoms with van der Waals surface area (Å²) in [6, 6.07) is 32.9. The fourth-order valence-corrected chi connectivity index (χ4v) is 12.8. The van der Waals surface area contributed by atoms with E-state index in [2.05, 4.69) is 54.5 Å². The van der Waals surface area contributed by atoms with Crippen molar-refractivity contribution in [3.05, 3.63) is 109 Å². The van der Waals surface area contributed by atoms with E-state index in [0.717, 1.165) is 10.4 Å². The summed E-state index contributed by atoms with van der Waals surface area (Å²) >= 11 is 0. The van der Waals surface area contributed by atoms with Gasteiger partial charge in [-0.25, -0.2) is 26.3 Å². The number of carbonyl (C=O) groups is 2. The van der Waals surface area contributed by atoms with Crippen LogP contribution in [-0.4, -0.2) is 81.5 Å². The number of nitrogens with one attached hydrogen (secondary N) is 2. The van der Waals surface area contributed by atoms with Crippen LogP contribution in [0.1, 0.15) is 48.5 Å². The number of rotatable bonds is 10. The number of carbonyl (C=O) groups excluding carboxylic acids is 2. The van der Waals surface area contributed by atoms with Gasteiger partial charge >= 0.3 is 0 Å². The van der Waals surface area contributed by atoms with Crippen molar-refractivity contribution in [2.24, 2.45) is 0 Å². The molecule has 15 heteroatoms. The van der Waals surface area contributed by atoms with E-state index in [4.69, 9.17) is 4.43 Å². The summed E-state index contributed by atoms with van der Waals surface area (Å²) in [7, 11) is -7.15. The molecular formula is C40H54N4O8S2Si. The molecule has 55 heavy (non-hydrogen) atoms. The second-order valence-electron chi connectivity index (χ2n) is 13.7. The molecule has 0 aromatic heterocycles. The third kappa shape index (κ3) is 9.43. The van der Waals surface area contributed by atoms with Gasteiger partial charge in [-0.05, 0) is 84.5 Å². The second-order valence-corrected chi connectivity index (χ2v) is 21.8. The Labute approximate surface area is 327 Å². The van der Waals surface area contributed by atoms with Gasteiger partial charge in [0.05, 0.1) is 9.79 Å². The minimum Gasteiger partial charge on any atom is -0.395 e. The fraction of sp³-hybridized carbons (Fsp3) is 0.350. The van der Waals surface area contributed by atoms with Crippen LogP contribution in [0.15, 0.2) is 119 Å². The Morgan fingerprint density at radius 2 is 1.02 bits per heavy atom. The molecule has 2 atom stereocenters. The van der Waals surface area contributed by atoms with Gasteiger partial charge < -0.3 is 19.3 Å². The molecule has 12 nitrogen and oxygen atoms in total. The minimum atomic E-state index is -3.54. The third-order valence-electron chi connectivity index (χ3n) is 9.52. The van der Waals surface area contributed by atoms with Gasteiger partial charge in [0, 0.05) is 30.9 Å². The topological polar surface area (TPSA) is 162 Å². The maximum atomic E-state index is 13.6. The van der Waals surface area contributed by atoms with Gasteiger partial charge in [-0.2, -0.15) is 0 Å². The first-order valence-corrected chi connectivity index (χ1v) is 22.1. The Kier molecular flexibility index (Phi) is 14.9. The zero-order valence-electron chi connectivity index (χ0n) is 30.4. The first-order valence-electron chi connectivity index (χ1n) is 17.2. The van der Waals surface area contributed by atoms with Crippen molar-refractivity contribution in [3.8, 4) is 0 Å². The highest BCUT2D eigenvalue weighted by Crippen LogP contribution is 2.39. The van der Waals surface area contributed by atoms with Crippen LogP contribution in [0, 0.1) is 0 Å². The average molecular weight is 811 g/mol. The summed E-state index contributed by atoms with van der Waals surface area (Å²) in [6.45, 7) is 7.53. The Bertz CT molecular complexity index is 2070. The lowest BCUT2D eigenvalue weighted by Gasteiger charge is -2.44. The normalized spacial score (nSPS) is 17.6. The molecule has 2 amide bonds. The van der Waals surface area contributed by atoms with Crippen molar-refractivity contribution in [2.75, 3.05) is 37.0 Å². The van der Waals surface area contributed by atoms with Crippen LogP contribution in [0.2, 0.25) is 5.04 Å². The Hall–Kier alpha value is -4.22. The van der Waals surface area contributed by atoms with Gasteiger partial charge in [0.15, 0.2) is 0 Å². The molecule has 2 aliphatic heterocycles. The van der Waals surface area contributed by atoms with Gasteiger partial charge in [-0.15, -0.1) is 0 Å². The predicted molar refractivity (Wildman–Crippen MR) is 221 cm³/mol. The number of nitrogens with zero attached hydrogens (tertiary/aromatic N) is 2. The zero-order valence-corrected chi connectivity index (χ0v) is 33.0. The number of sulfonamides is 2. The van der Waals surface area contributed by atoms with E-state index in [-0.39, 0.29) is 41.5 Å². The molecular weight excluding hydrogens is 757 g/mol. The standard InChI is InChI=1S/C27H32N2O4SSi.C11H14N2O4S.2CH4/c1-27(2,3)35(23-11-7-5-8-12-23,24-13-9-6-10-14-24)33-25-19-20-29(26(25)30)21-15-17-22(18-16-21)34(31,32)28-4;1-12-18(16,17)9-4-2-8(3-5-9)13-7-6-10(14)11(13)15;;/h5-18,25,28H,19-20H2,1-4H3;2-5,10,12,14H,6-7H2,1H3;2*1H4/t25-;10-;;/m11../s1. The zero-order chi connectivity index (χ0) is 38.6. The summed E-state index contributed by atoms with van der Waals surface area (Å²) in [5.74, 6) is -0.443. The number of aliphatic hydroxyl groups excluding tert-OH is 1. The minimum absolute atomic E-state index is 0. The van der Waals surface area contributed by atoms with E-state index in [0.29, 0.717) is 37.3 Å². The summed E-state index contributed by atoms with van der Waals surface area (Å²) in [5, 5.41) is 11.4. The molecule has 298 valence electrons. The quantitative estimate of drug-likeness (QED) is 0.201. The lowest BCUT2D eigenvalue weighted by atomic mass is 10.2. The number of hydrogen-bond acceptors (Lipinski definition) is 8. The molecule has 4 aromatic carbocycles. The molecule has 2 saturated heterocycles. The van der Waals surface area contributed by atoms with Crippen molar-refractivity contribution in [1.29, 1.82) is 0 Å². The Morgan fingerprint density at radius 1 is 0.636 bits per heavy atom. The Balaban J connectivity index is 0.000000344. The predicted octanol–water partition coefficient (Wildman–Crippen LogP) is 4.24. The molecule has 2 heterocycles. The molecule has 0 aliphatic carbocycles. The molecule has 2 fully saturated rings. The maximum absolute atomic E-state index is 13.6. The summed E-state index contributed by atoms with van der Waals surface area (Å²) in [6.07, 6.45) is -0.567. The van der Waals surface area contributed by atoms with Gasteiger partial charge in [0.1, 0.15) is 12.2 Å². The lowest BCUT2D eigenvalue weighted by molar-refractivity contribution is -0.124. The van der Waals surface area contributed by atoms with E-state index in [1.54, 1.807) is 29.2 Å². The summed E-state index contributed by atoms with van der Waals surface area (Å²) in [5.41, 5.74) is 1.25. The maximum Gasteiger partial charge on any atom is 0.262 e. The SMILES string of the molecule is C.C.CNS(=O)(=O)c1ccc(N2CC[C@@H](O)C2=O)cc1.CNS(=O)(=O)c1ccc(N2CC[C@@H](O[Si](c3ccccc3)(c3ccccc3)C(C)(C)C)C2=O)cc1. The van der Waals surface area contributed by atoms with E-state index in [1.165, 1.54) is 43.3 Å². The molecule has 0 saturated carbocycles. The van der Waals surface area contributed by atoms with E-state index in [9.17, 15) is 31.5 Å².